The van der Waals surface area contributed by atoms with Gasteiger partial charge in [-0.05, 0) is 30.5 Å². The zero-order valence-corrected chi connectivity index (χ0v) is 16.3. The molecule has 0 aliphatic carbocycles. The molecule has 29 heavy (non-hydrogen) atoms. The van der Waals surface area contributed by atoms with E-state index in [0.717, 1.165) is 42.2 Å². The summed E-state index contributed by atoms with van der Waals surface area (Å²) in [6.07, 6.45) is 9.62. The maximum absolute atomic E-state index is 5.42. The fourth-order valence-corrected chi connectivity index (χ4v) is 3.04. The summed E-state index contributed by atoms with van der Waals surface area (Å²) in [4.78, 5) is 19.4. The molecule has 7 heteroatoms. The van der Waals surface area contributed by atoms with Crippen LogP contribution in [0, 0.1) is 0 Å². The van der Waals surface area contributed by atoms with Gasteiger partial charge in [0.15, 0.2) is 5.82 Å². The fourth-order valence-electron chi connectivity index (χ4n) is 3.04. The Morgan fingerprint density at radius 1 is 0.931 bits per heavy atom. The van der Waals surface area contributed by atoms with Gasteiger partial charge in [0.25, 0.3) is 5.89 Å². The van der Waals surface area contributed by atoms with Crippen LogP contribution < -0.4 is 4.90 Å². The van der Waals surface area contributed by atoms with Crippen LogP contribution in [-0.2, 0) is 19.4 Å². The van der Waals surface area contributed by atoms with Gasteiger partial charge in [0.2, 0.25) is 0 Å². The molecule has 0 N–H and O–H groups in total. The molecule has 146 valence electrons. The maximum Gasteiger partial charge on any atom is 0.259 e. The van der Waals surface area contributed by atoms with Gasteiger partial charge in [-0.3, -0.25) is 9.97 Å². The lowest BCUT2D eigenvalue weighted by Gasteiger charge is -2.17. The molecule has 0 saturated heterocycles. The SMILES string of the molecule is CN(Cc1cnccn1)c1ccc(-c2nc(CCCc3ccccc3)no2)cn1. The third-order valence-electron chi connectivity index (χ3n) is 4.58. The van der Waals surface area contributed by atoms with Gasteiger partial charge in [0.1, 0.15) is 5.82 Å². The van der Waals surface area contributed by atoms with E-state index in [2.05, 4.69) is 49.4 Å². The second kappa shape index (κ2) is 9.05. The second-order valence-electron chi connectivity index (χ2n) is 6.81. The van der Waals surface area contributed by atoms with Crippen LogP contribution in [0.15, 0.2) is 71.8 Å². The zero-order valence-electron chi connectivity index (χ0n) is 16.3. The average molecular weight is 386 g/mol. The summed E-state index contributed by atoms with van der Waals surface area (Å²) in [6, 6.07) is 14.3. The Kier molecular flexibility index (Phi) is 5.85. The van der Waals surface area contributed by atoms with E-state index in [1.54, 1.807) is 24.8 Å². The first-order valence-corrected chi connectivity index (χ1v) is 9.57. The van der Waals surface area contributed by atoms with Crippen LogP contribution in [0.3, 0.4) is 0 Å². The quantitative estimate of drug-likeness (QED) is 0.456. The molecular formula is C22H22N6O. The Hall–Kier alpha value is -3.61. The molecular weight excluding hydrogens is 364 g/mol. The van der Waals surface area contributed by atoms with Crippen molar-refractivity contribution >= 4 is 5.82 Å². The minimum atomic E-state index is 0.496. The third-order valence-corrected chi connectivity index (χ3v) is 4.58. The fraction of sp³-hybridized carbons (Fsp3) is 0.227. The van der Waals surface area contributed by atoms with Gasteiger partial charge in [-0.2, -0.15) is 4.98 Å². The maximum atomic E-state index is 5.42. The summed E-state index contributed by atoms with van der Waals surface area (Å²) in [5.41, 5.74) is 3.02. The van der Waals surface area contributed by atoms with E-state index >= 15 is 0 Å². The summed E-state index contributed by atoms with van der Waals surface area (Å²) in [5, 5.41) is 4.10. The van der Waals surface area contributed by atoms with Gasteiger partial charge in [-0.1, -0.05) is 35.5 Å². The molecule has 4 rings (SSSR count). The molecule has 0 amide bonds. The van der Waals surface area contributed by atoms with E-state index in [1.807, 2.05) is 30.1 Å². The third kappa shape index (κ3) is 5.01. The van der Waals surface area contributed by atoms with Crippen molar-refractivity contribution in [2.75, 3.05) is 11.9 Å². The smallest absolute Gasteiger partial charge is 0.259 e. The number of nitrogens with zero attached hydrogens (tertiary/aromatic N) is 6. The van der Waals surface area contributed by atoms with E-state index < -0.39 is 0 Å². The minimum Gasteiger partial charge on any atom is -0.354 e. The number of pyridine rings is 1. The van der Waals surface area contributed by atoms with Crippen LogP contribution in [0.5, 0.6) is 0 Å². The van der Waals surface area contributed by atoms with Gasteiger partial charge in [0.05, 0.1) is 24.0 Å². The van der Waals surface area contributed by atoms with Gasteiger partial charge in [-0.15, -0.1) is 0 Å². The monoisotopic (exact) mass is 386 g/mol. The highest BCUT2D eigenvalue weighted by atomic mass is 16.5. The number of hydrogen-bond acceptors (Lipinski definition) is 7. The molecule has 0 aliphatic heterocycles. The lowest BCUT2D eigenvalue weighted by molar-refractivity contribution is 0.421. The molecule has 0 unspecified atom stereocenters. The Labute approximate surface area is 169 Å². The molecule has 4 aromatic rings. The number of aryl methyl sites for hydroxylation is 2. The first kappa shape index (κ1) is 18.7. The second-order valence-corrected chi connectivity index (χ2v) is 6.81. The lowest BCUT2D eigenvalue weighted by atomic mass is 10.1. The summed E-state index contributed by atoms with van der Waals surface area (Å²) >= 11 is 0. The van der Waals surface area contributed by atoms with Crippen molar-refractivity contribution in [2.24, 2.45) is 0 Å². The lowest BCUT2D eigenvalue weighted by Crippen LogP contribution is -2.18. The van der Waals surface area contributed by atoms with Gasteiger partial charge in [0, 0.05) is 32.1 Å². The van der Waals surface area contributed by atoms with Crippen molar-refractivity contribution in [2.45, 2.75) is 25.8 Å². The van der Waals surface area contributed by atoms with Crippen LogP contribution >= 0.6 is 0 Å². The molecule has 7 nitrogen and oxygen atoms in total. The number of anilines is 1. The van der Waals surface area contributed by atoms with E-state index in [-0.39, 0.29) is 0 Å². The van der Waals surface area contributed by atoms with Gasteiger partial charge >= 0.3 is 0 Å². The van der Waals surface area contributed by atoms with Crippen LogP contribution in [0.2, 0.25) is 0 Å². The number of hydrogen-bond donors (Lipinski definition) is 0. The normalized spacial score (nSPS) is 10.8. The molecule has 0 bridgehead atoms. The van der Waals surface area contributed by atoms with Crippen molar-refractivity contribution in [1.29, 1.82) is 0 Å². The molecule has 1 aromatic carbocycles. The Balaban J connectivity index is 1.34. The molecule has 0 saturated carbocycles. The first-order valence-electron chi connectivity index (χ1n) is 9.57. The van der Waals surface area contributed by atoms with E-state index in [9.17, 15) is 0 Å². The highest BCUT2D eigenvalue weighted by molar-refractivity contribution is 5.54. The molecule has 0 aliphatic rings. The molecule has 3 heterocycles. The summed E-state index contributed by atoms with van der Waals surface area (Å²) in [7, 11) is 1.97. The number of benzene rings is 1. The summed E-state index contributed by atoms with van der Waals surface area (Å²) in [5.74, 6) is 2.05. The Morgan fingerprint density at radius 3 is 2.59 bits per heavy atom. The molecule has 0 radical (unpaired) electrons. The molecule has 3 aromatic heterocycles. The summed E-state index contributed by atoms with van der Waals surface area (Å²) < 4.78 is 5.42. The van der Waals surface area contributed by atoms with Crippen LogP contribution in [0.25, 0.3) is 11.5 Å². The standard InChI is InChI=1S/C22H22N6O/c1-28(16-19-15-23-12-13-24-19)21-11-10-18(14-25-21)22-26-20(27-29-22)9-5-8-17-6-3-2-4-7-17/h2-4,6-7,10-15H,5,8-9,16H2,1H3. The largest absolute Gasteiger partial charge is 0.354 e. The van der Waals surface area contributed by atoms with Crippen molar-refractivity contribution in [1.82, 2.24) is 25.1 Å². The Bertz CT molecular complexity index is 1020. The molecule has 0 fully saturated rings. The predicted molar refractivity (Wildman–Crippen MR) is 110 cm³/mol. The molecule has 0 spiro atoms. The van der Waals surface area contributed by atoms with Crippen LogP contribution in [0.1, 0.15) is 23.5 Å². The van der Waals surface area contributed by atoms with Crippen molar-refractivity contribution in [3.05, 3.63) is 84.3 Å². The number of aromatic nitrogens is 5. The highest BCUT2D eigenvalue weighted by Gasteiger charge is 2.11. The number of rotatable bonds is 8. The zero-order chi connectivity index (χ0) is 19.9. The predicted octanol–water partition coefficient (Wildman–Crippen LogP) is 3.73. The topological polar surface area (TPSA) is 80.8 Å². The van der Waals surface area contributed by atoms with Gasteiger partial charge in [-0.25, -0.2) is 4.98 Å². The van der Waals surface area contributed by atoms with E-state index in [1.165, 1.54) is 5.56 Å². The van der Waals surface area contributed by atoms with Crippen LogP contribution in [-0.4, -0.2) is 32.1 Å². The van der Waals surface area contributed by atoms with Crippen LogP contribution in [0.4, 0.5) is 5.82 Å². The van der Waals surface area contributed by atoms with E-state index in [0.29, 0.717) is 12.4 Å². The van der Waals surface area contributed by atoms with E-state index in [4.69, 9.17) is 4.52 Å². The van der Waals surface area contributed by atoms with Gasteiger partial charge < -0.3 is 9.42 Å². The van der Waals surface area contributed by atoms with Crippen molar-refractivity contribution < 1.29 is 4.52 Å². The summed E-state index contributed by atoms with van der Waals surface area (Å²) in [6.45, 7) is 0.631. The van der Waals surface area contributed by atoms with Crippen molar-refractivity contribution in [3.63, 3.8) is 0 Å². The highest BCUT2D eigenvalue weighted by Crippen LogP contribution is 2.20. The molecule has 0 atom stereocenters. The average Bonchev–Trinajstić information content (AvgIpc) is 3.24. The first-order chi connectivity index (χ1) is 14.3. The minimum absolute atomic E-state index is 0.496. The van der Waals surface area contributed by atoms with Crippen molar-refractivity contribution in [3.8, 4) is 11.5 Å². The Morgan fingerprint density at radius 2 is 1.83 bits per heavy atom.